The number of aryl methyl sites for hydroxylation is 1. The maximum atomic E-state index is 12.6. The minimum atomic E-state index is -0.697. The Labute approximate surface area is 170 Å². The average molecular weight is 423 g/mol. The molecule has 1 aliphatic rings. The summed E-state index contributed by atoms with van der Waals surface area (Å²) in [6.45, 7) is 3.40. The number of piperidine rings is 1. The van der Waals surface area contributed by atoms with Crippen molar-refractivity contribution in [1.29, 1.82) is 0 Å². The summed E-state index contributed by atoms with van der Waals surface area (Å²) in [5.74, 6) is 0.0310. The van der Waals surface area contributed by atoms with E-state index >= 15 is 0 Å². The fourth-order valence-electron chi connectivity index (χ4n) is 3.30. The van der Waals surface area contributed by atoms with Crippen molar-refractivity contribution in [2.24, 2.45) is 0 Å². The van der Waals surface area contributed by atoms with E-state index in [0.717, 1.165) is 25.9 Å². The minimum absolute atomic E-state index is 0. The largest absolute Gasteiger partial charge is 0.427 e. The van der Waals surface area contributed by atoms with Gasteiger partial charge >= 0.3 is 5.63 Å². The van der Waals surface area contributed by atoms with Crippen LogP contribution in [-0.4, -0.2) is 28.4 Å². The van der Waals surface area contributed by atoms with Gasteiger partial charge in [0.25, 0.3) is 11.5 Å². The molecule has 1 aliphatic heterocycles. The first-order chi connectivity index (χ1) is 13.0. The molecule has 0 radical (unpaired) electrons. The number of thiazole rings is 1. The van der Waals surface area contributed by atoms with Gasteiger partial charge in [-0.05, 0) is 37.9 Å². The molecule has 0 spiro atoms. The van der Waals surface area contributed by atoms with E-state index in [9.17, 15) is 14.4 Å². The molecule has 3 aromatic heterocycles. The fourth-order valence-corrected chi connectivity index (χ4v) is 3.97. The summed E-state index contributed by atoms with van der Waals surface area (Å²) in [6.07, 6.45) is 4.82. The van der Waals surface area contributed by atoms with Crippen LogP contribution in [0.5, 0.6) is 0 Å². The third kappa shape index (κ3) is 3.73. The van der Waals surface area contributed by atoms with Gasteiger partial charge in [-0.25, -0.2) is 9.78 Å². The van der Waals surface area contributed by atoms with Gasteiger partial charge in [0.15, 0.2) is 4.96 Å². The van der Waals surface area contributed by atoms with Crippen LogP contribution in [0, 0.1) is 6.92 Å². The molecule has 0 bridgehead atoms. The molecule has 1 atom stereocenters. The number of fused-ring (bicyclic) bond motifs is 1. The van der Waals surface area contributed by atoms with Crippen LogP contribution in [0.4, 0.5) is 5.69 Å². The summed E-state index contributed by atoms with van der Waals surface area (Å²) < 4.78 is 6.76. The first kappa shape index (κ1) is 20.2. The highest BCUT2D eigenvalue weighted by molar-refractivity contribution is 7.15. The highest BCUT2D eigenvalue weighted by Gasteiger charge is 2.23. The van der Waals surface area contributed by atoms with Crippen LogP contribution < -0.4 is 21.8 Å². The predicted molar refractivity (Wildman–Crippen MR) is 109 cm³/mol. The van der Waals surface area contributed by atoms with Crippen LogP contribution in [0.2, 0.25) is 0 Å². The number of carbonyl (C=O) groups excluding carboxylic acids is 1. The van der Waals surface area contributed by atoms with E-state index in [-0.39, 0.29) is 29.6 Å². The molecule has 0 aliphatic carbocycles. The number of amides is 1. The molecule has 1 fully saturated rings. The molecule has 4 heterocycles. The van der Waals surface area contributed by atoms with Gasteiger partial charge in [-0.15, -0.1) is 23.7 Å². The second-order valence-corrected chi connectivity index (χ2v) is 7.40. The molecule has 10 heteroatoms. The van der Waals surface area contributed by atoms with Crippen molar-refractivity contribution < 1.29 is 9.21 Å². The Morgan fingerprint density at radius 2 is 2.25 bits per heavy atom. The fraction of sp³-hybridized carbons (Fsp3) is 0.333. The Balaban J connectivity index is 0.00000225. The number of carbonyl (C=O) groups is 1. The zero-order valence-electron chi connectivity index (χ0n) is 15.1. The molecule has 148 valence electrons. The van der Waals surface area contributed by atoms with E-state index in [1.54, 1.807) is 24.6 Å². The molecule has 0 aromatic carbocycles. The molecular weight excluding hydrogens is 404 g/mol. The van der Waals surface area contributed by atoms with Crippen molar-refractivity contribution in [3.05, 3.63) is 61.5 Å². The van der Waals surface area contributed by atoms with E-state index in [2.05, 4.69) is 15.6 Å². The number of nitrogens with one attached hydrogen (secondary N) is 2. The molecule has 3 aromatic rings. The summed E-state index contributed by atoms with van der Waals surface area (Å²) in [6, 6.07) is 1.74. The van der Waals surface area contributed by atoms with Gasteiger partial charge in [-0.3, -0.25) is 14.0 Å². The topological polar surface area (TPSA) is 106 Å². The van der Waals surface area contributed by atoms with E-state index in [1.807, 2.05) is 0 Å². The lowest BCUT2D eigenvalue weighted by Crippen LogP contribution is -2.30. The Kier molecular flexibility index (Phi) is 5.97. The molecule has 1 saturated heterocycles. The van der Waals surface area contributed by atoms with Gasteiger partial charge in [-0.1, -0.05) is 0 Å². The summed E-state index contributed by atoms with van der Waals surface area (Å²) in [5.41, 5.74) is -0.666. The van der Waals surface area contributed by atoms with Crippen LogP contribution in [0.25, 0.3) is 4.96 Å². The van der Waals surface area contributed by atoms with E-state index in [0.29, 0.717) is 16.3 Å². The minimum Gasteiger partial charge on any atom is -0.427 e. The lowest BCUT2D eigenvalue weighted by Gasteiger charge is -2.22. The molecule has 4 rings (SSSR count). The monoisotopic (exact) mass is 422 g/mol. The highest BCUT2D eigenvalue weighted by atomic mass is 35.5. The molecule has 0 saturated carbocycles. The van der Waals surface area contributed by atoms with Crippen LogP contribution >= 0.6 is 23.7 Å². The lowest BCUT2D eigenvalue weighted by molar-refractivity contribution is 0.102. The Morgan fingerprint density at radius 1 is 1.43 bits per heavy atom. The van der Waals surface area contributed by atoms with Gasteiger partial charge < -0.3 is 15.1 Å². The summed E-state index contributed by atoms with van der Waals surface area (Å²) in [5, 5.41) is 7.49. The Morgan fingerprint density at radius 3 is 2.96 bits per heavy atom. The van der Waals surface area contributed by atoms with Crippen LogP contribution in [-0.2, 0) is 0 Å². The van der Waals surface area contributed by atoms with Crippen LogP contribution in [0.1, 0.15) is 40.4 Å². The maximum Gasteiger partial charge on any atom is 0.349 e. The summed E-state index contributed by atoms with van der Waals surface area (Å²) >= 11 is 1.31. The van der Waals surface area contributed by atoms with Crippen molar-refractivity contribution >= 4 is 40.3 Å². The molecule has 1 amide bonds. The van der Waals surface area contributed by atoms with Crippen molar-refractivity contribution in [2.75, 3.05) is 18.4 Å². The third-order valence-corrected chi connectivity index (χ3v) is 5.46. The van der Waals surface area contributed by atoms with Crippen molar-refractivity contribution in [3.63, 3.8) is 0 Å². The number of anilines is 1. The van der Waals surface area contributed by atoms with Gasteiger partial charge in [0, 0.05) is 24.0 Å². The van der Waals surface area contributed by atoms with Gasteiger partial charge in [0.1, 0.15) is 17.0 Å². The van der Waals surface area contributed by atoms with Crippen LogP contribution in [0.15, 0.2) is 37.8 Å². The van der Waals surface area contributed by atoms with Crippen molar-refractivity contribution in [2.45, 2.75) is 25.7 Å². The predicted octanol–water partition coefficient (Wildman–Crippen LogP) is 2.16. The molecule has 8 nitrogen and oxygen atoms in total. The summed E-state index contributed by atoms with van der Waals surface area (Å²) in [7, 11) is 0. The Bertz CT molecular complexity index is 1130. The van der Waals surface area contributed by atoms with Gasteiger partial charge in [0.2, 0.25) is 0 Å². The average Bonchev–Trinajstić information content (AvgIpc) is 3.14. The zero-order valence-corrected chi connectivity index (χ0v) is 16.7. The zero-order chi connectivity index (χ0) is 19.0. The van der Waals surface area contributed by atoms with Crippen molar-refractivity contribution in [1.82, 2.24) is 14.7 Å². The number of halogens is 1. The quantitative estimate of drug-likeness (QED) is 0.670. The molecule has 2 N–H and O–H groups in total. The highest BCUT2D eigenvalue weighted by Crippen LogP contribution is 2.23. The second-order valence-electron chi connectivity index (χ2n) is 6.52. The number of nitrogens with zero attached hydrogens (tertiary/aromatic N) is 2. The number of hydrogen-bond donors (Lipinski definition) is 2. The number of aromatic nitrogens is 2. The standard InChI is InChI=1S/C18H18N4O4S.ClH/c1-10-7-13(11-3-2-4-19-8-11)26-17(25)14(10)15(23)21-12-9-20-18-22(16(12)24)5-6-27-18;/h5-7,9,11,19H,2-4,8H2,1H3,(H,21,23);1H. The smallest absolute Gasteiger partial charge is 0.349 e. The lowest BCUT2D eigenvalue weighted by atomic mass is 9.95. The molecule has 28 heavy (non-hydrogen) atoms. The van der Waals surface area contributed by atoms with Crippen LogP contribution in [0.3, 0.4) is 0 Å². The second kappa shape index (κ2) is 8.26. The van der Waals surface area contributed by atoms with Gasteiger partial charge in [-0.2, -0.15) is 0 Å². The van der Waals surface area contributed by atoms with Crippen molar-refractivity contribution in [3.8, 4) is 0 Å². The molecule has 1 unspecified atom stereocenters. The SMILES string of the molecule is Cc1cc(C2CCCNC2)oc(=O)c1C(=O)Nc1cnc2sccn2c1=O.Cl. The first-order valence-corrected chi connectivity index (χ1v) is 9.54. The molecular formula is C18H19ClN4O4S. The summed E-state index contributed by atoms with van der Waals surface area (Å²) in [4.78, 5) is 42.1. The normalized spacial score (nSPS) is 16.5. The van der Waals surface area contributed by atoms with E-state index < -0.39 is 17.1 Å². The first-order valence-electron chi connectivity index (χ1n) is 8.66. The Hall–Kier alpha value is -2.49. The number of rotatable bonds is 3. The maximum absolute atomic E-state index is 12.6. The van der Waals surface area contributed by atoms with E-state index in [4.69, 9.17) is 4.42 Å². The van der Waals surface area contributed by atoms with Gasteiger partial charge in [0.05, 0.1) is 6.20 Å². The number of hydrogen-bond acceptors (Lipinski definition) is 7. The van der Waals surface area contributed by atoms with E-state index in [1.165, 1.54) is 21.9 Å². The third-order valence-electron chi connectivity index (χ3n) is 4.69.